The van der Waals surface area contributed by atoms with Crippen LogP contribution in [0.3, 0.4) is 0 Å². The van der Waals surface area contributed by atoms with Crippen LogP contribution in [-0.2, 0) is 26.3 Å². The van der Waals surface area contributed by atoms with E-state index in [4.69, 9.17) is 9.47 Å². The molecule has 0 radical (unpaired) electrons. The zero-order valence-corrected chi connectivity index (χ0v) is 25.0. The molecule has 0 saturated carbocycles. The van der Waals surface area contributed by atoms with Crippen LogP contribution < -0.4 is 10.2 Å². The zero-order chi connectivity index (χ0) is 31.2. The Morgan fingerprint density at radius 2 is 1.66 bits per heavy atom. The molecule has 4 aromatic rings. The van der Waals surface area contributed by atoms with Gasteiger partial charge in [-0.2, -0.15) is 0 Å². The smallest absolute Gasteiger partial charge is 0.416 e. The molecular weight excluding hydrogens is 560 g/mol. The summed E-state index contributed by atoms with van der Waals surface area (Å²) < 4.78 is 11.7. The Bertz CT molecular complexity index is 1760. The fourth-order valence-electron chi connectivity index (χ4n) is 6.72. The quantitative estimate of drug-likeness (QED) is 0.294. The summed E-state index contributed by atoms with van der Waals surface area (Å²) in [6.07, 6.45) is -1.74. The predicted molar refractivity (Wildman–Crippen MR) is 164 cm³/mol. The summed E-state index contributed by atoms with van der Waals surface area (Å²) in [6.45, 7) is 5.21. The van der Waals surface area contributed by atoms with Gasteiger partial charge in [-0.15, -0.1) is 0 Å². The average molecular weight is 595 g/mol. The number of H-pyrrole nitrogens is 1. The highest BCUT2D eigenvalue weighted by atomic mass is 16.6. The van der Waals surface area contributed by atoms with Gasteiger partial charge in [-0.25, -0.2) is 9.59 Å². The van der Waals surface area contributed by atoms with Crippen LogP contribution in [0.5, 0.6) is 0 Å². The first-order valence-electron chi connectivity index (χ1n) is 14.5. The van der Waals surface area contributed by atoms with Crippen molar-refractivity contribution in [1.82, 2.24) is 15.2 Å². The minimum absolute atomic E-state index is 0.00392. The number of anilines is 1. The van der Waals surface area contributed by atoms with Crippen molar-refractivity contribution in [2.45, 2.75) is 57.0 Å². The molecule has 2 N–H and O–H groups in total. The summed E-state index contributed by atoms with van der Waals surface area (Å²) in [4.78, 5) is 60.6. The van der Waals surface area contributed by atoms with Crippen LogP contribution >= 0.6 is 0 Å². The number of likely N-dealkylation sites (tertiary alicyclic amines) is 1. The van der Waals surface area contributed by atoms with Gasteiger partial charge in [-0.1, -0.05) is 66.7 Å². The Labute approximate surface area is 254 Å². The van der Waals surface area contributed by atoms with Gasteiger partial charge in [0.15, 0.2) is 6.29 Å². The minimum atomic E-state index is -1.20. The number of hydrogen-bond acceptors (Lipinski definition) is 6. The number of rotatable bonds is 5. The Morgan fingerprint density at radius 3 is 2.36 bits per heavy atom. The van der Waals surface area contributed by atoms with Crippen LogP contribution in [0.25, 0.3) is 10.9 Å². The molecule has 1 fully saturated rings. The molecule has 3 aromatic carbocycles. The van der Waals surface area contributed by atoms with E-state index in [0.717, 1.165) is 17.2 Å². The number of nitrogens with one attached hydrogen (secondary N) is 2. The van der Waals surface area contributed by atoms with Gasteiger partial charge in [0.05, 0.1) is 16.8 Å². The normalized spacial score (nSPS) is 20.6. The summed E-state index contributed by atoms with van der Waals surface area (Å²) in [5.74, 6) is -0.424. The number of carbonyl (C=O) groups excluding carboxylic acids is 4. The van der Waals surface area contributed by atoms with Crippen molar-refractivity contribution in [3.05, 3.63) is 101 Å². The van der Waals surface area contributed by atoms with Crippen LogP contribution in [0.2, 0.25) is 0 Å². The molecule has 0 spiro atoms. The van der Waals surface area contributed by atoms with Crippen molar-refractivity contribution < 1.29 is 28.7 Å². The molecule has 2 aliphatic rings. The highest BCUT2D eigenvalue weighted by molar-refractivity contribution is 6.01. The molecule has 3 heterocycles. The van der Waals surface area contributed by atoms with Crippen molar-refractivity contribution in [3.8, 4) is 0 Å². The summed E-state index contributed by atoms with van der Waals surface area (Å²) in [5, 5.41) is 3.43. The number of aromatic amines is 1. The Morgan fingerprint density at radius 1 is 0.977 bits per heavy atom. The molecule has 3 amide bonds. The van der Waals surface area contributed by atoms with E-state index in [0.29, 0.717) is 28.0 Å². The molecule has 226 valence electrons. The lowest BCUT2D eigenvalue weighted by Crippen LogP contribution is -2.58. The fourth-order valence-corrected chi connectivity index (χ4v) is 6.72. The summed E-state index contributed by atoms with van der Waals surface area (Å²) >= 11 is 0. The highest BCUT2D eigenvalue weighted by Crippen LogP contribution is 2.59. The summed E-state index contributed by atoms with van der Waals surface area (Å²) in [6, 6.07) is 23.0. The van der Waals surface area contributed by atoms with Crippen LogP contribution in [-0.4, -0.2) is 59.1 Å². The summed E-state index contributed by atoms with van der Waals surface area (Å²) in [5.41, 5.74) is 1.51. The second-order valence-corrected chi connectivity index (χ2v) is 12.1. The van der Waals surface area contributed by atoms with Crippen LogP contribution in [0.15, 0.2) is 78.9 Å². The molecule has 3 atom stereocenters. The maximum atomic E-state index is 14.2. The number of amides is 3. The van der Waals surface area contributed by atoms with E-state index in [9.17, 15) is 19.2 Å². The maximum absolute atomic E-state index is 14.2. The molecule has 6 rings (SSSR count). The highest BCUT2D eigenvalue weighted by Gasteiger charge is 2.67. The lowest BCUT2D eigenvalue weighted by atomic mass is 9.71. The number of aldehydes is 1. The topological polar surface area (TPSA) is 121 Å². The van der Waals surface area contributed by atoms with E-state index in [-0.39, 0.29) is 13.0 Å². The van der Waals surface area contributed by atoms with Gasteiger partial charge in [-0.3, -0.25) is 19.4 Å². The van der Waals surface area contributed by atoms with Crippen molar-refractivity contribution in [2.75, 3.05) is 11.9 Å². The first kappa shape index (κ1) is 29.0. The number of ether oxygens (including phenoxy) is 2. The summed E-state index contributed by atoms with van der Waals surface area (Å²) in [7, 11) is 1.50. The van der Waals surface area contributed by atoms with Crippen molar-refractivity contribution in [1.29, 1.82) is 0 Å². The van der Waals surface area contributed by atoms with E-state index < -0.39 is 41.3 Å². The van der Waals surface area contributed by atoms with Crippen LogP contribution in [0.1, 0.15) is 54.4 Å². The molecule has 0 aliphatic carbocycles. The van der Waals surface area contributed by atoms with Crippen molar-refractivity contribution in [2.24, 2.45) is 0 Å². The van der Waals surface area contributed by atoms with E-state index >= 15 is 0 Å². The lowest BCUT2D eigenvalue weighted by Gasteiger charge is -2.38. The number of nitrogens with zero attached hydrogens (tertiary/aromatic N) is 2. The molecule has 1 saturated heterocycles. The van der Waals surface area contributed by atoms with Crippen molar-refractivity contribution in [3.63, 3.8) is 0 Å². The molecular formula is C34H34N4O6. The van der Waals surface area contributed by atoms with Gasteiger partial charge >= 0.3 is 12.2 Å². The molecule has 1 aromatic heterocycles. The first-order valence-corrected chi connectivity index (χ1v) is 14.5. The van der Waals surface area contributed by atoms with E-state index in [1.807, 2.05) is 66.7 Å². The predicted octanol–water partition coefficient (Wildman–Crippen LogP) is 5.50. The van der Waals surface area contributed by atoms with Gasteiger partial charge in [0.1, 0.15) is 24.4 Å². The number of benzene rings is 3. The number of likely N-dealkylation sites (N-methyl/N-ethyl adjacent to an activating group) is 1. The average Bonchev–Trinajstić information content (AvgIpc) is 3.65. The fraction of sp³-hybridized carbons (Fsp3) is 0.294. The molecule has 10 nitrogen and oxygen atoms in total. The van der Waals surface area contributed by atoms with E-state index in [1.54, 1.807) is 32.9 Å². The second-order valence-electron chi connectivity index (χ2n) is 12.1. The van der Waals surface area contributed by atoms with Gasteiger partial charge in [0, 0.05) is 23.5 Å². The largest absolute Gasteiger partial charge is 0.444 e. The Balaban J connectivity index is 1.61. The molecule has 0 unspecified atom stereocenters. The second kappa shape index (κ2) is 10.9. The maximum Gasteiger partial charge on any atom is 0.416 e. The van der Waals surface area contributed by atoms with E-state index in [1.165, 1.54) is 16.8 Å². The van der Waals surface area contributed by atoms with Gasteiger partial charge in [-0.05, 0) is 50.5 Å². The molecule has 2 aliphatic heterocycles. The Hall–Kier alpha value is -5.12. The third-order valence-corrected chi connectivity index (χ3v) is 8.30. The number of aromatic nitrogens is 1. The van der Waals surface area contributed by atoms with Crippen molar-refractivity contribution >= 4 is 41.0 Å². The molecule has 10 heteroatoms. The van der Waals surface area contributed by atoms with Gasteiger partial charge < -0.3 is 19.8 Å². The molecule has 44 heavy (non-hydrogen) atoms. The lowest BCUT2D eigenvalue weighted by molar-refractivity contribution is -0.125. The number of carbonyl (C=O) groups is 4. The Kier molecular flexibility index (Phi) is 7.15. The number of para-hydroxylation sites is 2. The number of fused-ring (bicyclic) bond motifs is 4. The monoisotopic (exact) mass is 594 g/mol. The molecule has 0 bridgehead atoms. The van der Waals surface area contributed by atoms with Crippen LogP contribution in [0, 0.1) is 0 Å². The van der Waals surface area contributed by atoms with Gasteiger partial charge in [0.2, 0.25) is 5.91 Å². The standard InChI is InChI=1S/C34H34N4O6/c1-33(2,3)44-32(42)38-27(29(40)35-4)18-34(28-22-14-8-10-16-24(22)36-25(28)19-39)23-15-9-11-17-26(23)37(30(34)38)31(41)43-20-21-12-6-5-7-13-21/h5-17,19,27,30,36H,18,20H2,1-4H3,(H,35,40)/t27-,30-,34-/m1/s1. The third kappa shape index (κ3) is 4.57. The SMILES string of the molecule is CNC(=O)[C@H]1C[C@]2(c3c(C=O)[nH]c4ccccc34)c3ccccc3N(C(=O)OCc3ccccc3)[C@@H]2N1C(=O)OC(C)(C)C. The number of hydrogen-bond donors (Lipinski definition) is 2. The third-order valence-electron chi connectivity index (χ3n) is 8.30. The minimum Gasteiger partial charge on any atom is -0.444 e. The van der Waals surface area contributed by atoms with Gasteiger partial charge in [0.25, 0.3) is 0 Å². The first-order chi connectivity index (χ1) is 21.1. The van der Waals surface area contributed by atoms with E-state index in [2.05, 4.69) is 10.3 Å². The zero-order valence-electron chi connectivity index (χ0n) is 25.0. The van der Waals surface area contributed by atoms with Crippen LogP contribution in [0.4, 0.5) is 15.3 Å².